The fourth-order valence-electron chi connectivity index (χ4n) is 1.12. The Bertz CT molecular complexity index is 200. The van der Waals surface area contributed by atoms with E-state index in [2.05, 4.69) is 5.32 Å². The molecule has 0 aromatic heterocycles. The van der Waals surface area contributed by atoms with Crippen molar-refractivity contribution in [3.8, 4) is 0 Å². The van der Waals surface area contributed by atoms with Crippen LogP contribution in [0.5, 0.6) is 0 Å². The molecule has 13 heavy (non-hydrogen) atoms. The summed E-state index contributed by atoms with van der Waals surface area (Å²) in [6.07, 6.45) is 1.72. The summed E-state index contributed by atoms with van der Waals surface area (Å²) in [6.45, 7) is 3.83. The molecule has 0 aromatic rings. The van der Waals surface area contributed by atoms with E-state index in [4.69, 9.17) is 10.8 Å². The standard InChI is InChI=1S/C9H18N2O2/c1-6(2)7(10)8(13)11-9(5-12)3-4-9/h6-7,12H,3-5,10H2,1-2H3,(H,11,13)/t7-/m1/s1. The quantitative estimate of drug-likeness (QED) is 0.559. The lowest BCUT2D eigenvalue weighted by Crippen LogP contribution is -2.50. The van der Waals surface area contributed by atoms with Gasteiger partial charge in [-0.1, -0.05) is 13.8 Å². The molecule has 1 aliphatic carbocycles. The van der Waals surface area contributed by atoms with Crippen LogP contribution in [-0.4, -0.2) is 29.2 Å². The van der Waals surface area contributed by atoms with Crippen molar-refractivity contribution in [2.75, 3.05) is 6.61 Å². The van der Waals surface area contributed by atoms with Gasteiger partial charge < -0.3 is 16.2 Å². The summed E-state index contributed by atoms with van der Waals surface area (Å²) in [5.74, 6) is -0.0176. The van der Waals surface area contributed by atoms with Crippen molar-refractivity contribution >= 4 is 5.91 Å². The number of carbonyl (C=O) groups excluding carboxylic acids is 1. The molecule has 4 N–H and O–H groups in total. The summed E-state index contributed by atoms with van der Waals surface area (Å²) in [5.41, 5.74) is 5.31. The number of aliphatic hydroxyl groups is 1. The molecule has 4 heteroatoms. The second-order valence-electron chi connectivity index (χ2n) is 4.20. The summed E-state index contributed by atoms with van der Waals surface area (Å²) >= 11 is 0. The molecule has 1 aliphatic rings. The van der Waals surface area contributed by atoms with E-state index in [0.29, 0.717) is 0 Å². The number of amides is 1. The van der Waals surface area contributed by atoms with Crippen LogP contribution in [0.25, 0.3) is 0 Å². The van der Waals surface area contributed by atoms with Gasteiger partial charge in [-0.05, 0) is 18.8 Å². The number of nitrogens with one attached hydrogen (secondary N) is 1. The van der Waals surface area contributed by atoms with Crippen molar-refractivity contribution in [1.82, 2.24) is 5.32 Å². The molecule has 0 aliphatic heterocycles. The summed E-state index contributed by atoms with van der Waals surface area (Å²) in [6, 6.07) is -0.468. The molecule has 1 rings (SSSR count). The molecule has 0 heterocycles. The Labute approximate surface area is 78.5 Å². The topological polar surface area (TPSA) is 75.4 Å². The van der Waals surface area contributed by atoms with E-state index in [-0.39, 0.29) is 24.0 Å². The molecule has 76 valence electrons. The van der Waals surface area contributed by atoms with Crippen LogP contribution >= 0.6 is 0 Å². The number of rotatable bonds is 4. The molecule has 0 radical (unpaired) electrons. The first-order chi connectivity index (χ1) is 6.01. The molecule has 0 spiro atoms. The van der Waals surface area contributed by atoms with E-state index in [0.717, 1.165) is 12.8 Å². The first kappa shape index (κ1) is 10.5. The van der Waals surface area contributed by atoms with Gasteiger partial charge in [0.25, 0.3) is 0 Å². The van der Waals surface area contributed by atoms with Gasteiger partial charge >= 0.3 is 0 Å². The Morgan fingerprint density at radius 1 is 1.62 bits per heavy atom. The van der Waals surface area contributed by atoms with Gasteiger partial charge in [-0.3, -0.25) is 4.79 Å². The smallest absolute Gasteiger partial charge is 0.237 e. The number of hydrogen-bond acceptors (Lipinski definition) is 3. The lowest BCUT2D eigenvalue weighted by Gasteiger charge is -2.20. The third kappa shape index (κ3) is 2.42. The summed E-state index contributed by atoms with van der Waals surface area (Å²) in [7, 11) is 0. The van der Waals surface area contributed by atoms with Crippen molar-refractivity contribution in [1.29, 1.82) is 0 Å². The highest BCUT2D eigenvalue weighted by molar-refractivity contribution is 5.82. The molecule has 1 fully saturated rings. The van der Waals surface area contributed by atoms with Gasteiger partial charge in [0.2, 0.25) is 5.91 Å². The van der Waals surface area contributed by atoms with Gasteiger partial charge in [0, 0.05) is 0 Å². The van der Waals surface area contributed by atoms with Gasteiger partial charge in [-0.25, -0.2) is 0 Å². The number of hydrogen-bond donors (Lipinski definition) is 3. The fourth-order valence-corrected chi connectivity index (χ4v) is 1.12. The maximum Gasteiger partial charge on any atom is 0.237 e. The van der Waals surface area contributed by atoms with Crippen molar-refractivity contribution in [3.05, 3.63) is 0 Å². The van der Waals surface area contributed by atoms with Crippen LogP contribution < -0.4 is 11.1 Å². The highest BCUT2D eigenvalue weighted by atomic mass is 16.3. The third-order valence-electron chi connectivity index (χ3n) is 2.57. The highest BCUT2D eigenvalue weighted by Gasteiger charge is 2.44. The summed E-state index contributed by atoms with van der Waals surface area (Å²) in [5, 5.41) is 11.8. The maximum absolute atomic E-state index is 11.5. The van der Waals surface area contributed by atoms with Gasteiger partial charge in [-0.15, -0.1) is 0 Å². The highest BCUT2D eigenvalue weighted by Crippen LogP contribution is 2.34. The minimum atomic E-state index is -0.468. The average Bonchev–Trinajstić information content (AvgIpc) is 2.84. The zero-order chi connectivity index (χ0) is 10.1. The maximum atomic E-state index is 11.5. The Morgan fingerprint density at radius 2 is 2.15 bits per heavy atom. The molecule has 0 aromatic carbocycles. The Kier molecular flexibility index (Phi) is 2.93. The molecule has 0 unspecified atom stereocenters. The first-order valence-corrected chi connectivity index (χ1v) is 4.69. The van der Waals surface area contributed by atoms with E-state index < -0.39 is 6.04 Å². The van der Waals surface area contributed by atoms with Gasteiger partial charge in [0.15, 0.2) is 0 Å². The number of carbonyl (C=O) groups is 1. The van der Waals surface area contributed by atoms with E-state index >= 15 is 0 Å². The van der Waals surface area contributed by atoms with Crippen LogP contribution in [0.2, 0.25) is 0 Å². The number of aliphatic hydroxyl groups excluding tert-OH is 1. The fraction of sp³-hybridized carbons (Fsp3) is 0.889. The average molecular weight is 186 g/mol. The Balaban J connectivity index is 2.41. The van der Waals surface area contributed by atoms with Crippen LogP contribution in [0.1, 0.15) is 26.7 Å². The van der Waals surface area contributed by atoms with Crippen molar-refractivity contribution in [2.45, 2.75) is 38.3 Å². The van der Waals surface area contributed by atoms with Gasteiger partial charge in [0.05, 0.1) is 18.2 Å². The van der Waals surface area contributed by atoms with Crippen LogP contribution in [0.15, 0.2) is 0 Å². The molecule has 0 bridgehead atoms. The molecule has 1 atom stereocenters. The molecule has 1 saturated carbocycles. The Morgan fingerprint density at radius 3 is 2.46 bits per heavy atom. The third-order valence-corrected chi connectivity index (χ3v) is 2.57. The van der Waals surface area contributed by atoms with E-state index in [1.807, 2.05) is 13.8 Å². The Hall–Kier alpha value is -0.610. The SMILES string of the molecule is CC(C)[C@@H](N)C(=O)NC1(CO)CC1. The second kappa shape index (κ2) is 3.64. The van der Waals surface area contributed by atoms with Crippen molar-refractivity contribution < 1.29 is 9.90 Å². The monoisotopic (exact) mass is 186 g/mol. The molecule has 4 nitrogen and oxygen atoms in total. The lowest BCUT2D eigenvalue weighted by atomic mass is 10.0. The molecule has 0 saturated heterocycles. The zero-order valence-corrected chi connectivity index (χ0v) is 8.21. The predicted octanol–water partition coefficient (Wildman–Crippen LogP) is -0.389. The van der Waals surface area contributed by atoms with Crippen LogP contribution in [-0.2, 0) is 4.79 Å². The summed E-state index contributed by atoms with van der Waals surface area (Å²) < 4.78 is 0. The van der Waals surface area contributed by atoms with Crippen molar-refractivity contribution in [3.63, 3.8) is 0 Å². The first-order valence-electron chi connectivity index (χ1n) is 4.69. The lowest BCUT2D eigenvalue weighted by molar-refractivity contribution is -0.124. The number of nitrogens with two attached hydrogens (primary N) is 1. The largest absolute Gasteiger partial charge is 0.394 e. The zero-order valence-electron chi connectivity index (χ0n) is 8.21. The summed E-state index contributed by atoms with van der Waals surface area (Å²) in [4.78, 5) is 11.5. The second-order valence-corrected chi connectivity index (χ2v) is 4.20. The predicted molar refractivity (Wildman–Crippen MR) is 50.0 cm³/mol. The van der Waals surface area contributed by atoms with Crippen LogP contribution in [0.4, 0.5) is 0 Å². The normalized spacial score (nSPS) is 21.3. The van der Waals surface area contributed by atoms with Gasteiger partial charge in [-0.2, -0.15) is 0 Å². The molecular weight excluding hydrogens is 168 g/mol. The van der Waals surface area contributed by atoms with E-state index in [1.54, 1.807) is 0 Å². The van der Waals surface area contributed by atoms with Crippen molar-refractivity contribution in [2.24, 2.45) is 11.7 Å². The minimum Gasteiger partial charge on any atom is -0.394 e. The van der Waals surface area contributed by atoms with Crippen LogP contribution in [0, 0.1) is 5.92 Å². The van der Waals surface area contributed by atoms with E-state index in [1.165, 1.54) is 0 Å². The van der Waals surface area contributed by atoms with Crippen LogP contribution in [0.3, 0.4) is 0 Å². The van der Waals surface area contributed by atoms with Gasteiger partial charge in [0.1, 0.15) is 0 Å². The molecule has 1 amide bonds. The molecular formula is C9H18N2O2. The minimum absolute atomic E-state index is 0.0174. The van der Waals surface area contributed by atoms with E-state index in [9.17, 15) is 4.79 Å².